The number of H-pyrrole nitrogens is 1. The first-order valence-corrected chi connectivity index (χ1v) is 6.33. The standard InChI is InChI=1S/C11H16ClN5O/c1-3-17(5-6-18-4-2)10-8-9(14-7-13-8)15-11(12)16-10/h7H,3-6H2,1-2H3,(H,13,14,15,16). The molecule has 0 atom stereocenters. The molecule has 0 saturated heterocycles. The maximum Gasteiger partial charge on any atom is 0.226 e. The van der Waals surface area contributed by atoms with Gasteiger partial charge in [0.05, 0.1) is 12.9 Å². The second-order valence-corrected chi connectivity index (χ2v) is 4.03. The van der Waals surface area contributed by atoms with E-state index < -0.39 is 0 Å². The van der Waals surface area contributed by atoms with Gasteiger partial charge < -0.3 is 14.6 Å². The number of hydrogen-bond acceptors (Lipinski definition) is 5. The fourth-order valence-electron chi connectivity index (χ4n) is 1.75. The number of halogens is 1. The summed E-state index contributed by atoms with van der Waals surface area (Å²) in [7, 11) is 0. The lowest BCUT2D eigenvalue weighted by atomic mass is 10.4. The molecule has 0 fully saturated rings. The molecule has 0 radical (unpaired) electrons. The molecular formula is C11H16ClN5O. The minimum Gasteiger partial charge on any atom is -0.380 e. The predicted octanol–water partition coefficient (Wildman–Crippen LogP) is 1.87. The summed E-state index contributed by atoms with van der Waals surface area (Å²) in [5.74, 6) is 0.768. The minimum atomic E-state index is 0.208. The van der Waals surface area contributed by atoms with Gasteiger partial charge in [0.25, 0.3) is 0 Å². The molecule has 2 heterocycles. The van der Waals surface area contributed by atoms with Crippen molar-refractivity contribution in [3.05, 3.63) is 11.6 Å². The highest BCUT2D eigenvalue weighted by Crippen LogP contribution is 2.22. The number of fused-ring (bicyclic) bond motifs is 1. The second-order valence-electron chi connectivity index (χ2n) is 3.69. The number of likely N-dealkylation sites (N-methyl/N-ethyl adjacent to an activating group) is 1. The molecule has 7 heteroatoms. The van der Waals surface area contributed by atoms with Gasteiger partial charge in [0.15, 0.2) is 11.5 Å². The Morgan fingerprint density at radius 3 is 2.94 bits per heavy atom. The quantitative estimate of drug-likeness (QED) is 0.641. The molecule has 0 aliphatic carbocycles. The summed E-state index contributed by atoms with van der Waals surface area (Å²) in [4.78, 5) is 17.6. The van der Waals surface area contributed by atoms with E-state index in [1.807, 2.05) is 6.92 Å². The number of ether oxygens (including phenoxy) is 1. The van der Waals surface area contributed by atoms with Crippen LogP contribution in [0.5, 0.6) is 0 Å². The average Bonchev–Trinajstić information content (AvgIpc) is 2.82. The highest BCUT2D eigenvalue weighted by molar-refractivity contribution is 6.28. The first-order chi connectivity index (χ1) is 8.76. The summed E-state index contributed by atoms with van der Waals surface area (Å²) in [6.45, 7) is 6.97. The van der Waals surface area contributed by atoms with Crippen LogP contribution in [0.4, 0.5) is 5.82 Å². The molecule has 0 aliphatic rings. The number of rotatable bonds is 6. The molecule has 0 spiro atoms. The van der Waals surface area contributed by atoms with Gasteiger partial charge in [0.1, 0.15) is 5.52 Å². The van der Waals surface area contributed by atoms with Gasteiger partial charge in [-0.2, -0.15) is 9.97 Å². The maximum absolute atomic E-state index is 5.91. The zero-order valence-electron chi connectivity index (χ0n) is 10.5. The molecule has 18 heavy (non-hydrogen) atoms. The van der Waals surface area contributed by atoms with Crippen molar-refractivity contribution in [3.63, 3.8) is 0 Å². The number of aromatic nitrogens is 4. The van der Waals surface area contributed by atoms with E-state index in [0.29, 0.717) is 18.9 Å². The molecule has 2 aromatic rings. The van der Waals surface area contributed by atoms with Crippen molar-refractivity contribution in [2.75, 3.05) is 31.2 Å². The Hall–Kier alpha value is -1.40. The first kappa shape index (κ1) is 13.0. The van der Waals surface area contributed by atoms with E-state index in [0.717, 1.165) is 24.4 Å². The summed E-state index contributed by atoms with van der Waals surface area (Å²) < 4.78 is 5.37. The van der Waals surface area contributed by atoms with Crippen molar-refractivity contribution in [1.29, 1.82) is 0 Å². The van der Waals surface area contributed by atoms with Gasteiger partial charge in [0, 0.05) is 19.7 Å². The van der Waals surface area contributed by atoms with Gasteiger partial charge in [0.2, 0.25) is 5.28 Å². The van der Waals surface area contributed by atoms with E-state index in [4.69, 9.17) is 16.3 Å². The molecule has 0 bridgehead atoms. The van der Waals surface area contributed by atoms with Crippen molar-refractivity contribution >= 4 is 28.6 Å². The van der Waals surface area contributed by atoms with Crippen LogP contribution >= 0.6 is 11.6 Å². The molecule has 2 aromatic heterocycles. The van der Waals surface area contributed by atoms with Crippen LogP contribution < -0.4 is 4.90 Å². The van der Waals surface area contributed by atoms with Crippen molar-refractivity contribution in [3.8, 4) is 0 Å². The third kappa shape index (κ3) is 2.70. The molecule has 0 aliphatic heterocycles. The van der Waals surface area contributed by atoms with Crippen molar-refractivity contribution < 1.29 is 4.74 Å². The van der Waals surface area contributed by atoms with Crippen LogP contribution in [0.3, 0.4) is 0 Å². The molecule has 98 valence electrons. The third-order valence-electron chi connectivity index (χ3n) is 2.63. The molecule has 1 N–H and O–H groups in total. The Balaban J connectivity index is 2.28. The van der Waals surface area contributed by atoms with E-state index >= 15 is 0 Å². The molecular weight excluding hydrogens is 254 g/mol. The van der Waals surface area contributed by atoms with Crippen LogP contribution in [0, 0.1) is 0 Å². The molecule has 0 unspecified atom stereocenters. The Kier molecular flexibility index (Phi) is 4.33. The van der Waals surface area contributed by atoms with Gasteiger partial charge in [-0.3, -0.25) is 0 Å². The largest absolute Gasteiger partial charge is 0.380 e. The van der Waals surface area contributed by atoms with Crippen LogP contribution in [-0.2, 0) is 4.74 Å². The lowest BCUT2D eigenvalue weighted by Crippen LogP contribution is -2.28. The van der Waals surface area contributed by atoms with E-state index in [2.05, 4.69) is 31.8 Å². The Morgan fingerprint density at radius 1 is 1.39 bits per heavy atom. The van der Waals surface area contributed by atoms with Crippen LogP contribution in [0.15, 0.2) is 6.33 Å². The van der Waals surface area contributed by atoms with Crippen molar-refractivity contribution in [2.24, 2.45) is 0 Å². The Labute approximate surface area is 110 Å². The molecule has 0 aromatic carbocycles. The summed E-state index contributed by atoms with van der Waals surface area (Å²) in [5, 5.41) is 0.208. The SMILES string of the molecule is CCOCCN(CC)c1nc(Cl)nc2nc[nH]c12. The predicted molar refractivity (Wildman–Crippen MR) is 71.1 cm³/mol. The highest BCUT2D eigenvalue weighted by atomic mass is 35.5. The fourth-order valence-corrected chi connectivity index (χ4v) is 1.91. The van der Waals surface area contributed by atoms with Gasteiger partial charge >= 0.3 is 0 Å². The normalized spacial score (nSPS) is 11.1. The number of hydrogen-bond donors (Lipinski definition) is 1. The topological polar surface area (TPSA) is 66.9 Å². The highest BCUT2D eigenvalue weighted by Gasteiger charge is 2.14. The van der Waals surface area contributed by atoms with Crippen LogP contribution in [-0.4, -0.2) is 46.2 Å². The first-order valence-electron chi connectivity index (χ1n) is 5.95. The van der Waals surface area contributed by atoms with E-state index in [1.165, 1.54) is 0 Å². The smallest absolute Gasteiger partial charge is 0.226 e. The van der Waals surface area contributed by atoms with Gasteiger partial charge in [-0.05, 0) is 25.4 Å². The number of anilines is 1. The molecule has 6 nitrogen and oxygen atoms in total. The number of nitrogens with one attached hydrogen (secondary N) is 1. The second kappa shape index (κ2) is 5.97. The third-order valence-corrected chi connectivity index (χ3v) is 2.80. The average molecular weight is 270 g/mol. The monoisotopic (exact) mass is 269 g/mol. The van der Waals surface area contributed by atoms with Gasteiger partial charge in [-0.1, -0.05) is 0 Å². The fraction of sp³-hybridized carbons (Fsp3) is 0.545. The van der Waals surface area contributed by atoms with Gasteiger partial charge in [-0.15, -0.1) is 0 Å². The van der Waals surface area contributed by atoms with Crippen molar-refractivity contribution in [1.82, 2.24) is 19.9 Å². The molecule has 0 saturated carbocycles. The summed E-state index contributed by atoms with van der Waals surface area (Å²) in [6.07, 6.45) is 1.59. The summed E-state index contributed by atoms with van der Waals surface area (Å²) in [5.41, 5.74) is 1.39. The number of aromatic amines is 1. The molecule has 2 rings (SSSR count). The Bertz CT molecular complexity index is 515. The van der Waals surface area contributed by atoms with Crippen LogP contribution in [0.2, 0.25) is 5.28 Å². The maximum atomic E-state index is 5.91. The van der Waals surface area contributed by atoms with Crippen molar-refractivity contribution in [2.45, 2.75) is 13.8 Å². The zero-order chi connectivity index (χ0) is 13.0. The van der Waals surface area contributed by atoms with E-state index in [-0.39, 0.29) is 5.28 Å². The van der Waals surface area contributed by atoms with Crippen LogP contribution in [0.25, 0.3) is 11.2 Å². The lowest BCUT2D eigenvalue weighted by Gasteiger charge is -2.21. The molecule has 0 amide bonds. The number of nitrogens with zero attached hydrogens (tertiary/aromatic N) is 4. The number of imidazole rings is 1. The summed E-state index contributed by atoms with van der Waals surface area (Å²) >= 11 is 5.91. The summed E-state index contributed by atoms with van der Waals surface area (Å²) in [6, 6.07) is 0. The minimum absolute atomic E-state index is 0.208. The van der Waals surface area contributed by atoms with Crippen LogP contribution in [0.1, 0.15) is 13.8 Å². The van der Waals surface area contributed by atoms with E-state index in [1.54, 1.807) is 6.33 Å². The Morgan fingerprint density at radius 2 is 2.22 bits per heavy atom. The van der Waals surface area contributed by atoms with Gasteiger partial charge in [-0.25, -0.2) is 4.98 Å². The lowest BCUT2D eigenvalue weighted by molar-refractivity contribution is 0.154. The van der Waals surface area contributed by atoms with E-state index in [9.17, 15) is 0 Å². The zero-order valence-corrected chi connectivity index (χ0v) is 11.2.